The normalized spacial score (nSPS) is 10.6. The first-order valence-corrected chi connectivity index (χ1v) is 7.97. The SMILES string of the molecule is O=C(CSc1nncn1-c1ccccc1)c1ccc(Cl)cc1. The molecule has 3 aromatic rings. The molecule has 2 aromatic carbocycles. The Hall–Kier alpha value is -2.11. The van der Waals surface area contributed by atoms with Crippen molar-refractivity contribution in [2.24, 2.45) is 0 Å². The number of benzene rings is 2. The first-order valence-electron chi connectivity index (χ1n) is 6.61. The van der Waals surface area contributed by atoms with Gasteiger partial charge >= 0.3 is 0 Å². The molecule has 3 rings (SSSR count). The van der Waals surface area contributed by atoms with Crippen LogP contribution < -0.4 is 0 Å². The van der Waals surface area contributed by atoms with Gasteiger partial charge < -0.3 is 0 Å². The molecule has 0 atom stereocenters. The van der Waals surface area contributed by atoms with Gasteiger partial charge in [0.05, 0.1) is 5.75 Å². The van der Waals surface area contributed by atoms with Crippen LogP contribution in [0.4, 0.5) is 0 Å². The number of halogens is 1. The fourth-order valence-corrected chi connectivity index (χ4v) is 2.89. The smallest absolute Gasteiger partial charge is 0.196 e. The summed E-state index contributed by atoms with van der Waals surface area (Å²) in [7, 11) is 0. The molecule has 0 saturated carbocycles. The minimum absolute atomic E-state index is 0.0317. The molecule has 0 spiro atoms. The van der Waals surface area contributed by atoms with Gasteiger partial charge in [0.1, 0.15) is 6.33 Å². The van der Waals surface area contributed by atoms with Gasteiger partial charge in [-0.15, -0.1) is 10.2 Å². The Morgan fingerprint density at radius 3 is 2.55 bits per heavy atom. The van der Waals surface area contributed by atoms with E-state index in [1.165, 1.54) is 11.8 Å². The lowest BCUT2D eigenvalue weighted by molar-refractivity contribution is 0.102. The van der Waals surface area contributed by atoms with Crippen molar-refractivity contribution in [1.82, 2.24) is 14.8 Å². The maximum absolute atomic E-state index is 12.2. The molecule has 0 amide bonds. The highest BCUT2D eigenvalue weighted by Gasteiger charge is 2.11. The minimum atomic E-state index is 0.0317. The Bertz CT molecular complexity index is 772. The number of rotatable bonds is 5. The van der Waals surface area contributed by atoms with E-state index in [1.54, 1.807) is 30.6 Å². The van der Waals surface area contributed by atoms with Crippen LogP contribution in [0.25, 0.3) is 5.69 Å². The zero-order chi connectivity index (χ0) is 15.4. The van der Waals surface area contributed by atoms with Gasteiger partial charge in [0.2, 0.25) is 0 Å². The lowest BCUT2D eigenvalue weighted by atomic mass is 10.1. The largest absolute Gasteiger partial charge is 0.293 e. The zero-order valence-corrected chi connectivity index (χ0v) is 13.1. The molecule has 0 saturated heterocycles. The predicted octanol–water partition coefficient (Wildman–Crippen LogP) is 3.90. The van der Waals surface area contributed by atoms with Crippen molar-refractivity contribution in [3.05, 3.63) is 71.5 Å². The summed E-state index contributed by atoms with van der Waals surface area (Å²) in [5.41, 5.74) is 1.61. The lowest BCUT2D eigenvalue weighted by Gasteiger charge is -2.05. The Labute approximate surface area is 137 Å². The lowest BCUT2D eigenvalue weighted by Crippen LogP contribution is -2.04. The number of para-hydroxylation sites is 1. The van der Waals surface area contributed by atoms with Crippen molar-refractivity contribution >= 4 is 29.1 Å². The highest BCUT2D eigenvalue weighted by molar-refractivity contribution is 7.99. The summed E-state index contributed by atoms with van der Waals surface area (Å²) >= 11 is 7.19. The second-order valence-corrected chi connectivity index (χ2v) is 5.92. The van der Waals surface area contributed by atoms with Gasteiger partial charge in [-0.25, -0.2) is 0 Å². The summed E-state index contributed by atoms with van der Waals surface area (Å²) in [4.78, 5) is 12.2. The molecule has 0 radical (unpaired) electrons. The number of carbonyl (C=O) groups is 1. The summed E-state index contributed by atoms with van der Waals surface area (Å²) in [5, 5.41) is 9.31. The number of Topliss-reactive ketones (excluding diaryl/α,β-unsaturated/α-hetero) is 1. The third-order valence-electron chi connectivity index (χ3n) is 3.05. The number of hydrogen-bond donors (Lipinski definition) is 0. The number of ketones is 1. The van der Waals surface area contributed by atoms with Crippen molar-refractivity contribution < 1.29 is 4.79 Å². The Balaban J connectivity index is 1.71. The van der Waals surface area contributed by atoms with Gasteiger partial charge in [-0.2, -0.15) is 0 Å². The van der Waals surface area contributed by atoms with Gasteiger partial charge in [-0.05, 0) is 36.4 Å². The molecule has 0 aliphatic rings. The average Bonchev–Trinajstić information content (AvgIpc) is 3.02. The Kier molecular flexibility index (Phi) is 4.56. The van der Waals surface area contributed by atoms with Crippen LogP contribution in [0.3, 0.4) is 0 Å². The molecular formula is C16H12ClN3OS. The van der Waals surface area contributed by atoms with Crippen LogP contribution >= 0.6 is 23.4 Å². The maximum atomic E-state index is 12.2. The van der Waals surface area contributed by atoms with Crippen molar-refractivity contribution in [2.75, 3.05) is 5.75 Å². The molecule has 6 heteroatoms. The molecule has 0 fully saturated rings. The molecule has 110 valence electrons. The minimum Gasteiger partial charge on any atom is -0.293 e. The zero-order valence-electron chi connectivity index (χ0n) is 11.5. The number of nitrogens with zero attached hydrogens (tertiary/aromatic N) is 3. The molecule has 0 N–H and O–H groups in total. The van der Waals surface area contributed by atoms with Gasteiger partial charge in [0.15, 0.2) is 10.9 Å². The second kappa shape index (κ2) is 6.77. The van der Waals surface area contributed by atoms with Crippen molar-refractivity contribution in [1.29, 1.82) is 0 Å². The standard InChI is InChI=1S/C16H12ClN3OS/c17-13-8-6-12(7-9-13)15(21)10-22-16-19-18-11-20(16)14-4-2-1-3-5-14/h1-9,11H,10H2. The fraction of sp³-hybridized carbons (Fsp3) is 0.0625. The average molecular weight is 330 g/mol. The van der Waals surface area contributed by atoms with Crippen LogP contribution in [-0.4, -0.2) is 26.3 Å². The third-order valence-corrected chi connectivity index (χ3v) is 4.24. The molecule has 4 nitrogen and oxygen atoms in total. The van der Waals surface area contributed by atoms with E-state index in [1.807, 2.05) is 34.9 Å². The van der Waals surface area contributed by atoms with Crippen LogP contribution in [-0.2, 0) is 0 Å². The van der Waals surface area contributed by atoms with Crippen LogP contribution in [0.5, 0.6) is 0 Å². The number of carbonyl (C=O) groups excluding carboxylic acids is 1. The van der Waals surface area contributed by atoms with E-state index in [2.05, 4.69) is 10.2 Å². The second-order valence-electron chi connectivity index (χ2n) is 4.54. The highest BCUT2D eigenvalue weighted by Crippen LogP contribution is 2.20. The maximum Gasteiger partial charge on any atom is 0.196 e. The van der Waals surface area contributed by atoms with E-state index in [-0.39, 0.29) is 5.78 Å². The monoisotopic (exact) mass is 329 g/mol. The number of thioether (sulfide) groups is 1. The van der Waals surface area contributed by atoms with Gasteiger partial charge in [-0.1, -0.05) is 41.6 Å². The van der Waals surface area contributed by atoms with Crippen molar-refractivity contribution in [3.8, 4) is 5.69 Å². The predicted molar refractivity (Wildman–Crippen MR) is 87.9 cm³/mol. The first kappa shape index (κ1) is 14.8. The molecule has 0 aliphatic heterocycles. The fourth-order valence-electron chi connectivity index (χ4n) is 1.94. The number of hydrogen-bond acceptors (Lipinski definition) is 4. The van der Waals surface area contributed by atoms with Crippen LogP contribution in [0, 0.1) is 0 Å². The van der Waals surface area contributed by atoms with E-state index in [0.29, 0.717) is 21.5 Å². The van der Waals surface area contributed by atoms with Crippen LogP contribution in [0.15, 0.2) is 66.1 Å². The molecule has 0 aliphatic carbocycles. The Morgan fingerprint density at radius 2 is 1.82 bits per heavy atom. The van der Waals surface area contributed by atoms with Crippen LogP contribution in [0.2, 0.25) is 5.02 Å². The third kappa shape index (κ3) is 3.37. The van der Waals surface area contributed by atoms with E-state index >= 15 is 0 Å². The number of aromatic nitrogens is 3. The highest BCUT2D eigenvalue weighted by atomic mass is 35.5. The molecule has 1 heterocycles. The van der Waals surface area contributed by atoms with E-state index < -0.39 is 0 Å². The summed E-state index contributed by atoms with van der Waals surface area (Å²) in [6.07, 6.45) is 1.64. The van der Waals surface area contributed by atoms with Gasteiger partial charge in [-0.3, -0.25) is 9.36 Å². The molecule has 0 bridgehead atoms. The molecule has 22 heavy (non-hydrogen) atoms. The molecule has 1 aromatic heterocycles. The quantitative estimate of drug-likeness (QED) is 0.526. The topological polar surface area (TPSA) is 47.8 Å². The van der Waals surface area contributed by atoms with E-state index in [4.69, 9.17) is 11.6 Å². The van der Waals surface area contributed by atoms with Crippen molar-refractivity contribution in [2.45, 2.75) is 5.16 Å². The van der Waals surface area contributed by atoms with E-state index in [0.717, 1.165) is 5.69 Å². The summed E-state index contributed by atoms with van der Waals surface area (Å²) in [6, 6.07) is 16.7. The van der Waals surface area contributed by atoms with E-state index in [9.17, 15) is 4.79 Å². The molecular weight excluding hydrogens is 318 g/mol. The Morgan fingerprint density at radius 1 is 1.09 bits per heavy atom. The molecule has 0 unspecified atom stereocenters. The summed E-state index contributed by atoms with van der Waals surface area (Å²) in [5.74, 6) is 0.331. The van der Waals surface area contributed by atoms with Gasteiger partial charge in [0, 0.05) is 16.3 Å². The first-order chi connectivity index (χ1) is 10.7. The van der Waals surface area contributed by atoms with Crippen LogP contribution in [0.1, 0.15) is 10.4 Å². The summed E-state index contributed by atoms with van der Waals surface area (Å²) in [6.45, 7) is 0. The summed E-state index contributed by atoms with van der Waals surface area (Å²) < 4.78 is 1.86. The van der Waals surface area contributed by atoms with Crippen molar-refractivity contribution in [3.63, 3.8) is 0 Å². The van der Waals surface area contributed by atoms with Gasteiger partial charge in [0.25, 0.3) is 0 Å².